The first kappa shape index (κ1) is 21.2. The third-order valence-electron chi connectivity index (χ3n) is 3.19. The van der Waals surface area contributed by atoms with Gasteiger partial charge in [-0.15, -0.1) is 0 Å². The van der Waals surface area contributed by atoms with Crippen LogP contribution in [0.25, 0.3) is 0 Å². The molecule has 1 aromatic rings. The van der Waals surface area contributed by atoms with Gasteiger partial charge in [0.1, 0.15) is 5.80 Å². The topological polar surface area (TPSA) is 58.6 Å². The number of carbonyl (C=O) groups excluding carboxylic acids is 1. The first-order valence-electron chi connectivity index (χ1n) is 8.22. The zero-order valence-corrected chi connectivity index (χ0v) is 16.6. The van der Waals surface area contributed by atoms with Crippen LogP contribution in [-0.4, -0.2) is 36.1 Å². The number of ether oxygens (including phenoxy) is 2. The average Bonchev–Trinajstić information content (AvgIpc) is 2.53. The van der Waals surface area contributed by atoms with Crippen LogP contribution in [0.3, 0.4) is 0 Å². The van der Waals surface area contributed by atoms with E-state index in [0.29, 0.717) is 18.5 Å². The number of esters is 1. The van der Waals surface area contributed by atoms with Gasteiger partial charge >= 0.3 is 5.97 Å². The highest BCUT2D eigenvalue weighted by atomic mass is 32.2. The summed E-state index contributed by atoms with van der Waals surface area (Å²) in [6.07, 6.45) is 0.455. The lowest BCUT2D eigenvalue weighted by molar-refractivity contribution is -0.165. The maximum Gasteiger partial charge on any atom is 0.346 e. The second kappa shape index (κ2) is 10.9. The number of thioether (sulfide) groups is 1. The van der Waals surface area contributed by atoms with Gasteiger partial charge in [-0.1, -0.05) is 43.8 Å². The number of hydrogen-bond donors (Lipinski definition) is 0. The molecule has 2 unspecified atom stereocenters. The molecule has 0 aliphatic rings. The van der Waals surface area contributed by atoms with E-state index in [1.54, 1.807) is 12.7 Å². The van der Waals surface area contributed by atoms with Crippen LogP contribution in [0.2, 0.25) is 0 Å². The zero-order valence-electron chi connectivity index (χ0n) is 14.9. The monoisotopic (exact) mass is 370 g/mol. The molecule has 4 nitrogen and oxygen atoms in total. The van der Waals surface area contributed by atoms with Crippen molar-refractivity contribution in [2.45, 2.75) is 44.6 Å². The summed E-state index contributed by atoms with van der Waals surface area (Å²) < 4.78 is 10.9. The van der Waals surface area contributed by atoms with Crippen molar-refractivity contribution in [3.8, 4) is 0 Å². The van der Waals surface area contributed by atoms with E-state index in [1.807, 2.05) is 51.1 Å². The molecule has 0 aliphatic carbocycles. The van der Waals surface area contributed by atoms with E-state index in [4.69, 9.17) is 9.47 Å². The molecule has 0 amide bonds. The van der Waals surface area contributed by atoms with Crippen molar-refractivity contribution in [3.63, 3.8) is 0 Å². The van der Waals surface area contributed by atoms with Crippen LogP contribution in [0, 0.1) is 5.92 Å². The summed E-state index contributed by atoms with van der Waals surface area (Å²) in [4.78, 5) is 26.1. The van der Waals surface area contributed by atoms with Crippen LogP contribution < -0.4 is 4.89 Å². The summed E-state index contributed by atoms with van der Waals surface area (Å²) in [5, 5.41) is 0. The average molecular weight is 370 g/mol. The third kappa shape index (κ3) is 6.94. The van der Waals surface area contributed by atoms with Gasteiger partial charge < -0.3 is 14.4 Å². The Kier molecular flexibility index (Phi) is 9.60. The number of benzene rings is 1. The highest BCUT2D eigenvalue weighted by molar-refractivity contribution is 8.04. The largest absolute Gasteiger partial charge is 0.630 e. The van der Waals surface area contributed by atoms with Crippen LogP contribution in [-0.2, 0) is 14.3 Å². The van der Waals surface area contributed by atoms with Gasteiger partial charge in [-0.2, -0.15) is 0 Å². The molecule has 0 N–H and O–H groups in total. The molecule has 134 valence electrons. The molecular formula is C18H27O4PS. The first-order chi connectivity index (χ1) is 11.4. The second-order valence-corrected chi connectivity index (χ2v) is 8.66. The molecule has 0 spiro atoms. The van der Waals surface area contributed by atoms with Crippen LogP contribution >= 0.6 is 19.5 Å². The lowest BCUT2D eigenvalue weighted by Crippen LogP contribution is -2.46. The predicted octanol–water partition coefficient (Wildman–Crippen LogP) is 3.68. The molecule has 0 fully saturated rings. The van der Waals surface area contributed by atoms with Gasteiger partial charge in [0.25, 0.3) is 0 Å². The van der Waals surface area contributed by atoms with E-state index in [1.165, 1.54) is 11.8 Å². The van der Waals surface area contributed by atoms with Crippen molar-refractivity contribution >= 4 is 31.3 Å². The van der Waals surface area contributed by atoms with E-state index >= 15 is 0 Å². The van der Waals surface area contributed by atoms with E-state index in [2.05, 4.69) is 0 Å². The van der Waals surface area contributed by atoms with Gasteiger partial charge in [0, 0.05) is 11.5 Å². The molecule has 0 saturated heterocycles. The minimum absolute atomic E-state index is 0.211. The Morgan fingerprint density at radius 1 is 1.29 bits per heavy atom. The molecule has 2 atom stereocenters. The molecule has 0 aliphatic heterocycles. The highest BCUT2D eigenvalue weighted by Gasteiger charge is 2.42. The number of rotatable bonds is 10. The van der Waals surface area contributed by atoms with Crippen molar-refractivity contribution in [2.75, 3.05) is 18.7 Å². The van der Waals surface area contributed by atoms with Gasteiger partial charge in [-0.25, -0.2) is 4.79 Å². The number of carbonyl (C=O) groups is 1. The van der Waals surface area contributed by atoms with Crippen LogP contribution in [0.15, 0.2) is 35.2 Å². The van der Waals surface area contributed by atoms with Crippen LogP contribution in [0.5, 0.6) is 0 Å². The lowest BCUT2D eigenvalue weighted by atomic mass is 9.94. The fourth-order valence-electron chi connectivity index (χ4n) is 2.39. The predicted molar refractivity (Wildman–Crippen MR) is 101 cm³/mol. The summed E-state index contributed by atoms with van der Waals surface area (Å²) in [5.41, 5.74) is -0.824. The minimum atomic E-state index is -1.72. The van der Waals surface area contributed by atoms with Crippen molar-refractivity contribution in [3.05, 3.63) is 30.3 Å². The van der Waals surface area contributed by atoms with Crippen molar-refractivity contribution in [1.82, 2.24) is 0 Å². The summed E-state index contributed by atoms with van der Waals surface area (Å²) in [6, 6.07) is 9.79. The van der Waals surface area contributed by atoms with E-state index in [0.717, 1.165) is 4.90 Å². The molecule has 6 heteroatoms. The van der Waals surface area contributed by atoms with Crippen molar-refractivity contribution < 1.29 is 19.2 Å². The zero-order chi connectivity index (χ0) is 18.0. The van der Waals surface area contributed by atoms with Crippen molar-refractivity contribution in [2.24, 2.45) is 5.92 Å². The molecule has 0 radical (unpaired) electrons. The fourth-order valence-corrected chi connectivity index (χ4v) is 4.89. The molecule has 0 heterocycles. The molecule has 1 rings (SSSR count). The van der Waals surface area contributed by atoms with Gasteiger partial charge in [-0.05, 0) is 38.3 Å². The standard InChI is InChI=1S/C18H27O4PS/c1-5-21-17(19)18(22-6-2,12-15(3)4)13-23(20)14-24-16-10-8-7-9-11-16/h7-11,13,15H,5-6,12,14H2,1-4H3. The maximum absolute atomic E-state index is 12.6. The molecule has 24 heavy (non-hydrogen) atoms. The molecule has 0 bridgehead atoms. The van der Waals surface area contributed by atoms with E-state index < -0.39 is 19.3 Å². The van der Waals surface area contributed by atoms with Gasteiger partial charge in [0.05, 0.1) is 14.4 Å². The highest BCUT2D eigenvalue weighted by Crippen LogP contribution is 2.31. The first-order valence-corrected chi connectivity index (χ1v) is 10.7. The minimum Gasteiger partial charge on any atom is -0.630 e. The Labute approximate surface area is 150 Å². The summed E-state index contributed by atoms with van der Waals surface area (Å²) in [6.45, 7) is 8.23. The Balaban J connectivity index is 2.96. The second-order valence-electron chi connectivity index (χ2n) is 5.77. The molecule has 0 saturated carbocycles. The fraction of sp³-hybridized carbons (Fsp3) is 0.556. The molecule has 0 aromatic heterocycles. The van der Waals surface area contributed by atoms with E-state index in [-0.39, 0.29) is 12.5 Å². The number of hydrogen-bond acceptors (Lipinski definition) is 5. The summed E-state index contributed by atoms with van der Waals surface area (Å²) in [7, 11) is -1.72. The quantitative estimate of drug-likeness (QED) is 0.357. The summed E-state index contributed by atoms with van der Waals surface area (Å²) >= 11 is 1.51. The van der Waals surface area contributed by atoms with Crippen LogP contribution in [0.1, 0.15) is 34.1 Å². The Morgan fingerprint density at radius 2 is 1.96 bits per heavy atom. The van der Waals surface area contributed by atoms with E-state index in [9.17, 15) is 9.69 Å². The SMILES string of the molecule is CCOC(=O)C(C=[P+]([O-])CSc1ccccc1)(CC(C)C)OCC. The Morgan fingerprint density at radius 3 is 2.50 bits per heavy atom. The molecular weight excluding hydrogens is 343 g/mol. The smallest absolute Gasteiger partial charge is 0.346 e. The van der Waals surface area contributed by atoms with Gasteiger partial charge in [0.2, 0.25) is 5.60 Å². The maximum atomic E-state index is 12.6. The third-order valence-corrected chi connectivity index (χ3v) is 6.03. The lowest BCUT2D eigenvalue weighted by Gasteiger charge is -2.28. The van der Waals surface area contributed by atoms with Gasteiger partial charge in [0.15, 0.2) is 5.49 Å². The summed E-state index contributed by atoms with van der Waals surface area (Å²) in [5.74, 6) is 1.32. The molecule has 1 aromatic carbocycles. The normalized spacial score (nSPS) is 14.5. The van der Waals surface area contributed by atoms with Gasteiger partial charge in [-0.3, -0.25) is 0 Å². The van der Waals surface area contributed by atoms with Crippen LogP contribution in [0.4, 0.5) is 0 Å². The van der Waals surface area contributed by atoms with Crippen molar-refractivity contribution in [1.29, 1.82) is 0 Å². The Hall–Kier alpha value is -0.870. The Bertz CT molecular complexity index is 533.